The molecule has 1 aliphatic carbocycles. The number of nitrogens with zero attached hydrogens (tertiary/aromatic N) is 1. The molecular formula is C41H51N2O7+. The number of likely N-dealkylation sites (N-methyl/N-ethyl adjacent to an activating group) is 1. The highest BCUT2D eigenvalue weighted by Crippen LogP contribution is 2.56. The molecule has 5 aromatic carbocycles. The zero-order chi connectivity index (χ0) is 35.9. The van der Waals surface area contributed by atoms with Gasteiger partial charge in [0.15, 0.2) is 28.1 Å². The summed E-state index contributed by atoms with van der Waals surface area (Å²) < 4.78 is 18.2. The van der Waals surface area contributed by atoms with Gasteiger partial charge in [-0.1, -0.05) is 57.1 Å². The smallest absolute Gasteiger partial charge is 0.194 e. The lowest BCUT2D eigenvalue weighted by Gasteiger charge is -2.30. The van der Waals surface area contributed by atoms with Gasteiger partial charge in [-0.25, -0.2) is 0 Å². The molecule has 0 amide bonds. The second kappa shape index (κ2) is 14.0. The van der Waals surface area contributed by atoms with Gasteiger partial charge in [-0.05, 0) is 37.1 Å². The molecule has 0 spiro atoms. The fourth-order valence-electron chi connectivity index (χ4n) is 8.18. The van der Waals surface area contributed by atoms with Crippen LogP contribution in [-0.4, -0.2) is 69.8 Å². The highest BCUT2D eigenvalue weighted by Gasteiger charge is 2.33. The van der Waals surface area contributed by atoms with E-state index in [-0.39, 0.29) is 39.2 Å². The molecule has 0 atom stereocenters. The maximum Gasteiger partial charge on any atom is 0.194 e. The first-order valence-electron chi connectivity index (χ1n) is 18.0. The Labute approximate surface area is 293 Å². The molecule has 0 bridgehead atoms. The predicted octanol–water partition coefficient (Wildman–Crippen LogP) is 7.92. The third-order valence-electron chi connectivity index (χ3n) is 10.7. The summed E-state index contributed by atoms with van der Waals surface area (Å²) in [5, 5.41) is 30.9. The normalized spacial score (nSPS) is 13.1. The van der Waals surface area contributed by atoms with Crippen LogP contribution in [0.4, 0.5) is 5.69 Å². The minimum atomic E-state index is -0.418. The van der Waals surface area contributed by atoms with E-state index in [0.717, 1.165) is 35.1 Å². The number of anilines is 1. The van der Waals surface area contributed by atoms with Crippen LogP contribution in [-0.2, 0) is 6.42 Å². The summed E-state index contributed by atoms with van der Waals surface area (Å²) in [5.41, 5.74) is 2.07. The van der Waals surface area contributed by atoms with E-state index in [2.05, 4.69) is 26.3 Å². The molecule has 9 heteroatoms. The third-order valence-corrected chi connectivity index (χ3v) is 10.7. The number of allylic oxidation sites excluding steroid dienone is 1. The van der Waals surface area contributed by atoms with Crippen LogP contribution < -0.4 is 30.4 Å². The maximum absolute atomic E-state index is 13.9. The maximum atomic E-state index is 13.9. The number of hydrogen-bond donors (Lipinski definition) is 3. The van der Waals surface area contributed by atoms with E-state index in [1.165, 1.54) is 78.4 Å². The number of methoxy groups -OCH3 is 3. The van der Waals surface area contributed by atoms with Gasteiger partial charge in [0, 0.05) is 44.6 Å². The third kappa shape index (κ3) is 5.89. The topological polar surface area (TPSA) is 114 Å². The zero-order valence-electron chi connectivity index (χ0n) is 30.6. The second-order valence-corrected chi connectivity index (χ2v) is 14.6. The molecule has 6 rings (SSSR count). The second-order valence-electron chi connectivity index (χ2n) is 14.6. The number of benzene rings is 5. The molecule has 3 N–H and O–H groups in total. The van der Waals surface area contributed by atoms with Crippen LogP contribution in [0.3, 0.4) is 0 Å². The summed E-state index contributed by atoms with van der Waals surface area (Å²) >= 11 is 0. The van der Waals surface area contributed by atoms with Gasteiger partial charge in [0.05, 0.1) is 71.5 Å². The minimum Gasteiger partial charge on any atom is -0.505 e. The molecule has 0 heterocycles. The quantitative estimate of drug-likeness (QED) is 0.0316. The van der Waals surface area contributed by atoms with Crippen LogP contribution in [0, 0.1) is 0 Å². The van der Waals surface area contributed by atoms with E-state index in [9.17, 15) is 19.8 Å². The summed E-state index contributed by atoms with van der Waals surface area (Å²) in [6, 6.07) is 2.72. The van der Waals surface area contributed by atoms with Gasteiger partial charge in [0.25, 0.3) is 0 Å². The van der Waals surface area contributed by atoms with Gasteiger partial charge in [-0.3, -0.25) is 9.59 Å². The van der Waals surface area contributed by atoms with Crippen molar-refractivity contribution in [3.05, 3.63) is 49.3 Å². The van der Waals surface area contributed by atoms with Crippen LogP contribution in [0.1, 0.15) is 76.3 Å². The standard InChI is InChI=1S/C41H50N2O7/c1-8-9-10-11-12-13-14-15-17-43(3,4)18-16-42-38-24-19-23(2)20-25-31-30(24)36-32(39(38)46)26(44)21-28(48-5)34(36)35-29(49-6)22-27(45)33(37(31)35)40(47)41(25)50-7/h20-22H,8-19H2,1-7H3,(H2-,42,44,45,46,47)/p+1. The van der Waals surface area contributed by atoms with Crippen molar-refractivity contribution in [2.45, 2.75) is 71.6 Å². The average Bonchev–Trinajstić information content (AvgIpc) is 3.23. The SMILES string of the molecule is CCCCCCCCCC[N+](C)(C)CCNc1c(O)c2c(=O)cc(OC)c3c4c(OC)cc(=O)c5c(O)c(OC)c6c(c(c1CC(C)=C6)c23)c54. The van der Waals surface area contributed by atoms with Crippen molar-refractivity contribution >= 4 is 54.9 Å². The van der Waals surface area contributed by atoms with Crippen LogP contribution in [0.5, 0.6) is 28.7 Å². The number of quaternary nitrogens is 1. The lowest BCUT2D eigenvalue weighted by atomic mass is 9.83. The van der Waals surface area contributed by atoms with Crippen molar-refractivity contribution in [1.82, 2.24) is 0 Å². The Morgan fingerprint density at radius 1 is 0.700 bits per heavy atom. The number of ether oxygens (including phenoxy) is 3. The van der Waals surface area contributed by atoms with Crippen LogP contribution in [0.25, 0.3) is 49.2 Å². The van der Waals surface area contributed by atoms with Gasteiger partial charge in [-0.2, -0.15) is 0 Å². The monoisotopic (exact) mass is 683 g/mol. The summed E-state index contributed by atoms with van der Waals surface area (Å²) in [7, 11) is 8.91. The number of aromatic hydroxyl groups is 2. The van der Waals surface area contributed by atoms with Gasteiger partial charge in [0.1, 0.15) is 11.5 Å². The van der Waals surface area contributed by atoms with E-state index in [0.29, 0.717) is 62.3 Å². The van der Waals surface area contributed by atoms with E-state index in [1.54, 1.807) is 0 Å². The van der Waals surface area contributed by atoms with E-state index in [1.807, 2.05) is 13.0 Å². The Morgan fingerprint density at radius 3 is 1.84 bits per heavy atom. The average molecular weight is 684 g/mol. The van der Waals surface area contributed by atoms with Crippen LogP contribution in [0.2, 0.25) is 0 Å². The minimum absolute atomic E-state index is 0.102. The molecular weight excluding hydrogens is 632 g/mol. The van der Waals surface area contributed by atoms with Gasteiger partial charge >= 0.3 is 0 Å². The summed E-state index contributed by atoms with van der Waals surface area (Å²) in [4.78, 5) is 27.6. The Hall–Kier alpha value is -4.50. The highest BCUT2D eigenvalue weighted by atomic mass is 16.5. The number of unbranched alkanes of at least 4 members (excludes halogenated alkanes) is 7. The molecule has 0 radical (unpaired) electrons. The molecule has 266 valence electrons. The van der Waals surface area contributed by atoms with E-state index >= 15 is 0 Å². The van der Waals surface area contributed by atoms with Crippen molar-refractivity contribution in [1.29, 1.82) is 0 Å². The lowest BCUT2D eigenvalue weighted by Crippen LogP contribution is -2.43. The first-order valence-corrected chi connectivity index (χ1v) is 18.0. The van der Waals surface area contributed by atoms with Crippen LogP contribution >= 0.6 is 0 Å². The number of phenolic OH excluding ortho intramolecular Hbond substituents is 2. The molecule has 0 saturated carbocycles. The number of rotatable bonds is 16. The molecule has 0 aliphatic heterocycles. The van der Waals surface area contributed by atoms with E-state index < -0.39 is 5.43 Å². The van der Waals surface area contributed by atoms with Crippen molar-refractivity contribution in [2.75, 3.05) is 60.4 Å². The lowest BCUT2D eigenvalue weighted by molar-refractivity contribution is -0.888. The number of fused-ring (bicyclic) bond motifs is 1. The molecule has 0 unspecified atom stereocenters. The number of phenols is 2. The zero-order valence-corrected chi connectivity index (χ0v) is 30.6. The molecule has 1 aliphatic rings. The Kier molecular flexibility index (Phi) is 9.91. The molecule has 0 aromatic heterocycles. The molecule has 0 saturated heterocycles. The molecule has 9 nitrogen and oxygen atoms in total. The van der Waals surface area contributed by atoms with Gasteiger partial charge < -0.3 is 34.2 Å². The summed E-state index contributed by atoms with van der Waals surface area (Å²) in [5.74, 6) is 0.386. The largest absolute Gasteiger partial charge is 0.505 e. The Balaban J connectivity index is 1.52. The van der Waals surface area contributed by atoms with Crippen molar-refractivity contribution in [3.63, 3.8) is 0 Å². The first-order chi connectivity index (χ1) is 24.0. The van der Waals surface area contributed by atoms with Crippen molar-refractivity contribution < 1.29 is 28.9 Å². The number of nitrogens with one attached hydrogen (secondary N) is 1. The molecule has 50 heavy (non-hydrogen) atoms. The van der Waals surface area contributed by atoms with E-state index in [4.69, 9.17) is 14.2 Å². The first kappa shape index (κ1) is 35.3. The van der Waals surface area contributed by atoms with Crippen LogP contribution in [0.15, 0.2) is 27.3 Å². The highest BCUT2D eigenvalue weighted by molar-refractivity contribution is 6.39. The Morgan fingerprint density at radius 2 is 1.26 bits per heavy atom. The predicted molar refractivity (Wildman–Crippen MR) is 205 cm³/mol. The van der Waals surface area contributed by atoms with Gasteiger partial charge in [-0.15, -0.1) is 0 Å². The fraction of sp³-hybridized carbons (Fsp3) is 0.463. The summed E-state index contributed by atoms with van der Waals surface area (Å²) in [6.45, 7) is 6.68. The molecule has 0 fully saturated rings. The van der Waals surface area contributed by atoms with Gasteiger partial charge in [0.2, 0.25) is 0 Å². The van der Waals surface area contributed by atoms with Crippen molar-refractivity contribution in [3.8, 4) is 28.7 Å². The number of hydrogen-bond acceptors (Lipinski definition) is 8. The summed E-state index contributed by atoms with van der Waals surface area (Å²) in [6.07, 6.45) is 12.6. The Bertz CT molecular complexity index is 2220. The van der Waals surface area contributed by atoms with Crippen molar-refractivity contribution in [2.24, 2.45) is 0 Å². The fourth-order valence-corrected chi connectivity index (χ4v) is 8.18. The molecule has 5 aromatic rings.